The van der Waals surface area contributed by atoms with Gasteiger partial charge in [-0.3, -0.25) is 18.6 Å². The van der Waals surface area contributed by atoms with Crippen LogP contribution in [0.15, 0.2) is 34.2 Å². The van der Waals surface area contributed by atoms with Gasteiger partial charge in [-0.25, -0.2) is 0 Å². The van der Waals surface area contributed by atoms with Crippen molar-refractivity contribution in [2.45, 2.75) is 69.6 Å². The van der Waals surface area contributed by atoms with E-state index in [4.69, 9.17) is 0 Å². The van der Waals surface area contributed by atoms with E-state index in [9.17, 15) is 9.59 Å². The molecule has 0 saturated heterocycles. The van der Waals surface area contributed by atoms with Crippen molar-refractivity contribution >= 4 is 34.3 Å². The lowest BCUT2D eigenvalue weighted by atomic mass is 10.2. The number of carbonyl (C=O) groups excluding carboxylic acids is 1. The number of fused-ring (bicyclic) bond motifs is 3. The molecular formula is C21H27N5O2S. The van der Waals surface area contributed by atoms with Crippen LogP contribution in [0, 0.1) is 0 Å². The second-order valence-electron chi connectivity index (χ2n) is 7.64. The average Bonchev–Trinajstić information content (AvgIpc) is 3.39. The van der Waals surface area contributed by atoms with Crippen molar-refractivity contribution in [1.82, 2.24) is 24.5 Å². The maximum atomic E-state index is 13.0. The molecule has 1 fully saturated rings. The van der Waals surface area contributed by atoms with Crippen LogP contribution in [0.3, 0.4) is 0 Å². The molecule has 2 heterocycles. The topological polar surface area (TPSA) is 81.3 Å². The third-order valence-corrected chi connectivity index (χ3v) is 6.45. The largest absolute Gasteiger partial charge is 0.353 e. The lowest BCUT2D eigenvalue weighted by molar-refractivity contribution is -0.119. The number of rotatable bonds is 8. The van der Waals surface area contributed by atoms with Gasteiger partial charge in [0.25, 0.3) is 5.56 Å². The van der Waals surface area contributed by atoms with E-state index in [1.807, 2.05) is 28.7 Å². The zero-order valence-corrected chi connectivity index (χ0v) is 17.6. The second kappa shape index (κ2) is 8.98. The molecule has 0 atom stereocenters. The van der Waals surface area contributed by atoms with Gasteiger partial charge in [0, 0.05) is 12.6 Å². The Labute approximate surface area is 173 Å². The van der Waals surface area contributed by atoms with Crippen LogP contribution in [0.4, 0.5) is 0 Å². The number of aryl methyl sites for hydroxylation is 1. The van der Waals surface area contributed by atoms with Crippen LogP contribution >= 0.6 is 11.8 Å². The normalized spacial score (nSPS) is 14.8. The summed E-state index contributed by atoms with van der Waals surface area (Å²) in [4.78, 5) is 25.4. The highest BCUT2D eigenvalue weighted by atomic mass is 32.2. The highest BCUT2D eigenvalue weighted by Crippen LogP contribution is 2.22. The summed E-state index contributed by atoms with van der Waals surface area (Å²) in [6.07, 6.45) is 7.58. The Morgan fingerprint density at radius 3 is 2.79 bits per heavy atom. The Hall–Kier alpha value is -2.35. The molecule has 1 aliphatic rings. The molecule has 8 heteroatoms. The highest BCUT2D eigenvalue weighted by Gasteiger charge is 2.20. The van der Waals surface area contributed by atoms with E-state index >= 15 is 0 Å². The molecule has 0 spiro atoms. The predicted molar refractivity (Wildman–Crippen MR) is 115 cm³/mol. The summed E-state index contributed by atoms with van der Waals surface area (Å²) < 4.78 is 3.63. The first-order valence-electron chi connectivity index (χ1n) is 10.5. The third kappa shape index (κ3) is 4.17. The lowest BCUT2D eigenvalue weighted by Crippen LogP contribution is -2.33. The van der Waals surface area contributed by atoms with Gasteiger partial charge in [-0.05, 0) is 31.4 Å². The first kappa shape index (κ1) is 19.9. The Morgan fingerprint density at radius 1 is 1.21 bits per heavy atom. The monoisotopic (exact) mass is 413 g/mol. The van der Waals surface area contributed by atoms with Gasteiger partial charge in [-0.15, -0.1) is 10.2 Å². The number of benzene rings is 1. The summed E-state index contributed by atoms with van der Waals surface area (Å²) in [6.45, 7) is 2.76. The van der Waals surface area contributed by atoms with E-state index in [0.29, 0.717) is 34.7 Å². The van der Waals surface area contributed by atoms with Crippen molar-refractivity contribution in [2.75, 3.05) is 5.75 Å². The van der Waals surface area contributed by atoms with Crippen LogP contribution in [0.2, 0.25) is 0 Å². The van der Waals surface area contributed by atoms with E-state index in [1.54, 1.807) is 4.57 Å². The lowest BCUT2D eigenvalue weighted by Gasteiger charge is -2.12. The Kier molecular flexibility index (Phi) is 6.18. The van der Waals surface area contributed by atoms with E-state index in [1.165, 1.54) is 24.6 Å². The van der Waals surface area contributed by atoms with E-state index in [2.05, 4.69) is 22.4 Å². The van der Waals surface area contributed by atoms with E-state index in [-0.39, 0.29) is 11.5 Å². The summed E-state index contributed by atoms with van der Waals surface area (Å²) in [5, 5.41) is 13.0. The number of amides is 1. The Balaban J connectivity index is 1.64. The van der Waals surface area contributed by atoms with Crippen molar-refractivity contribution in [1.29, 1.82) is 0 Å². The van der Waals surface area contributed by atoms with Crippen molar-refractivity contribution < 1.29 is 4.79 Å². The number of unbranched alkanes of at least 4 members (excludes halogenated alkanes) is 2. The van der Waals surface area contributed by atoms with Gasteiger partial charge < -0.3 is 5.32 Å². The summed E-state index contributed by atoms with van der Waals surface area (Å²) >= 11 is 1.37. The Morgan fingerprint density at radius 2 is 2.00 bits per heavy atom. The van der Waals surface area contributed by atoms with Gasteiger partial charge in [0.2, 0.25) is 11.7 Å². The van der Waals surface area contributed by atoms with Gasteiger partial charge in [0.15, 0.2) is 5.16 Å². The molecule has 2 aromatic heterocycles. The van der Waals surface area contributed by atoms with Crippen molar-refractivity contribution in [3.8, 4) is 0 Å². The van der Waals surface area contributed by atoms with Crippen molar-refractivity contribution in [3.63, 3.8) is 0 Å². The molecule has 4 rings (SSSR count). The molecule has 0 unspecified atom stereocenters. The minimum absolute atomic E-state index is 0.0271. The summed E-state index contributed by atoms with van der Waals surface area (Å²) in [5.41, 5.74) is 0.745. The maximum Gasteiger partial charge on any atom is 0.262 e. The first-order chi connectivity index (χ1) is 14.2. The molecule has 3 aromatic rings. The first-order valence-corrected chi connectivity index (χ1v) is 11.5. The number of para-hydroxylation sites is 1. The number of nitrogens with zero attached hydrogens (tertiary/aromatic N) is 4. The third-order valence-electron chi connectivity index (χ3n) is 5.52. The minimum Gasteiger partial charge on any atom is -0.353 e. The van der Waals surface area contributed by atoms with Crippen LogP contribution < -0.4 is 10.9 Å². The van der Waals surface area contributed by atoms with Crippen LogP contribution in [0.1, 0.15) is 51.9 Å². The smallest absolute Gasteiger partial charge is 0.262 e. The molecular weight excluding hydrogens is 386 g/mol. The van der Waals surface area contributed by atoms with Crippen LogP contribution in [-0.4, -0.2) is 36.9 Å². The standard InChI is InChI=1S/C21H27N5O2S/c1-2-3-8-13-25-19(28)16-11-6-7-12-17(16)26-20(25)23-24-21(26)29-14-18(27)22-15-9-4-5-10-15/h6-7,11-12,15H,2-5,8-10,13-14H2,1H3,(H,22,27). The Bertz CT molecular complexity index is 1070. The van der Waals surface area contributed by atoms with Gasteiger partial charge in [0.1, 0.15) is 0 Å². The number of aromatic nitrogens is 4. The van der Waals surface area contributed by atoms with Crippen LogP contribution in [-0.2, 0) is 11.3 Å². The van der Waals surface area contributed by atoms with Gasteiger partial charge in [-0.2, -0.15) is 0 Å². The SMILES string of the molecule is CCCCCn1c(=O)c2ccccc2n2c(SCC(=O)NC3CCCC3)nnc12. The van der Waals surface area contributed by atoms with Crippen LogP contribution in [0.5, 0.6) is 0 Å². The van der Waals surface area contributed by atoms with Gasteiger partial charge in [-0.1, -0.05) is 56.5 Å². The molecule has 1 N–H and O–H groups in total. The maximum absolute atomic E-state index is 13.0. The summed E-state index contributed by atoms with van der Waals surface area (Å²) in [7, 11) is 0. The molecule has 7 nitrogen and oxygen atoms in total. The van der Waals surface area contributed by atoms with Gasteiger partial charge in [0.05, 0.1) is 16.7 Å². The zero-order chi connectivity index (χ0) is 20.2. The second-order valence-corrected chi connectivity index (χ2v) is 8.58. The predicted octanol–water partition coefficient (Wildman–Crippen LogP) is 3.39. The number of thioether (sulfide) groups is 1. The summed E-state index contributed by atoms with van der Waals surface area (Å²) in [5.74, 6) is 0.864. The number of nitrogens with one attached hydrogen (secondary N) is 1. The number of hydrogen-bond acceptors (Lipinski definition) is 5. The molecule has 0 aliphatic heterocycles. The van der Waals surface area contributed by atoms with Gasteiger partial charge >= 0.3 is 0 Å². The number of carbonyl (C=O) groups is 1. The molecule has 1 amide bonds. The van der Waals surface area contributed by atoms with Crippen LogP contribution in [0.25, 0.3) is 16.7 Å². The fourth-order valence-electron chi connectivity index (χ4n) is 4.02. The van der Waals surface area contributed by atoms with Crippen molar-refractivity contribution in [3.05, 3.63) is 34.6 Å². The molecule has 1 saturated carbocycles. The van der Waals surface area contributed by atoms with E-state index in [0.717, 1.165) is 37.6 Å². The molecule has 154 valence electrons. The molecule has 0 bridgehead atoms. The fraction of sp³-hybridized carbons (Fsp3) is 0.524. The average molecular weight is 414 g/mol. The van der Waals surface area contributed by atoms with Crippen molar-refractivity contribution in [2.24, 2.45) is 0 Å². The molecule has 1 aromatic carbocycles. The highest BCUT2D eigenvalue weighted by molar-refractivity contribution is 7.99. The molecule has 1 aliphatic carbocycles. The quantitative estimate of drug-likeness (QED) is 0.452. The molecule has 0 radical (unpaired) electrons. The summed E-state index contributed by atoms with van der Waals surface area (Å²) in [6, 6.07) is 7.84. The molecule has 29 heavy (non-hydrogen) atoms. The fourth-order valence-corrected chi connectivity index (χ4v) is 4.77. The van der Waals surface area contributed by atoms with E-state index < -0.39 is 0 Å². The zero-order valence-electron chi connectivity index (χ0n) is 16.8. The minimum atomic E-state index is -0.0351. The number of hydrogen-bond donors (Lipinski definition) is 1.